The van der Waals surface area contributed by atoms with Gasteiger partial charge >= 0.3 is 5.97 Å². The average molecular weight is 316 g/mol. The lowest BCUT2D eigenvalue weighted by atomic mass is 10.1. The Morgan fingerprint density at radius 1 is 1.26 bits per heavy atom. The van der Waals surface area contributed by atoms with Crippen LogP contribution in [0, 0.1) is 10.1 Å². The number of nitrogens with one attached hydrogen (secondary N) is 1. The first-order valence-electron chi connectivity index (χ1n) is 6.81. The molecule has 0 unspecified atom stereocenters. The van der Waals surface area contributed by atoms with E-state index in [1.54, 1.807) is 38.4 Å². The maximum Gasteiger partial charge on any atom is 0.338 e. The minimum Gasteiger partial charge on any atom is -0.497 e. The lowest BCUT2D eigenvalue weighted by Crippen LogP contribution is -2.07. The summed E-state index contributed by atoms with van der Waals surface area (Å²) in [6.45, 7) is 0.0532. The van der Waals surface area contributed by atoms with Crippen LogP contribution in [-0.4, -0.2) is 25.1 Å². The number of hydrogen-bond acceptors (Lipinski definition) is 6. The van der Waals surface area contributed by atoms with Gasteiger partial charge in [-0.1, -0.05) is 12.1 Å². The van der Waals surface area contributed by atoms with Crippen molar-refractivity contribution in [3.05, 3.63) is 63.7 Å². The van der Waals surface area contributed by atoms with Crippen molar-refractivity contribution < 1.29 is 19.2 Å². The number of nitro benzene ring substituents is 1. The van der Waals surface area contributed by atoms with Gasteiger partial charge in [-0.2, -0.15) is 0 Å². The molecule has 0 fully saturated rings. The van der Waals surface area contributed by atoms with Crippen LogP contribution in [0.3, 0.4) is 0 Å². The van der Waals surface area contributed by atoms with Gasteiger partial charge in [0.25, 0.3) is 5.69 Å². The van der Waals surface area contributed by atoms with Crippen molar-refractivity contribution in [3.63, 3.8) is 0 Å². The van der Waals surface area contributed by atoms with E-state index in [1.165, 1.54) is 18.2 Å². The zero-order chi connectivity index (χ0) is 16.8. The lowest BCUT2D eigenvalue weighted by molar-refractivity contribution is -0.384. The van der Waals surface area contributed by atoms with E-state index in [9.17, 15) is 14.9 Å². The zero-order valence-corrected chi connectivity index (χ0v) is 12.7. The van der Waals surface area contributed by atoms with E-state index in [4.69, 9.17) is 9.47 Å². The van der Waals surface area contributed by atoms with Crippen LogP contribution < -0.4 is 10.1 Å². The zero-order valence-electron chi connectivity index (χ0n) is 12.7. The van der Waals surface area contributed by atoms with Crippen LogP contribution in [0.2, 0.25) is 0 Å². The largest absolute Gasteiger partial charge is 0.497 e. The summed E-state index contributed by atoms with van der Waals surface area (Å²) < 4.78 is 10.3. The number of hydrogen-bond donors (Lipinski definition) is 1. The molecule has 0 saturated carbocycles. The molecule has 0 bridgehead atoms. The summed E-state index contributed by atoms with van der Waals surface area (Å²) in [5.74, 6) is 0.0335. The second kappa shape index (κ2) is 7.26. The van der Waals surface area contributed by atoms with Gasteiger partial charge in [0.1, 0.15) is 18.0 Å². The van der Waals surface area contributed by atoms with Crippen molar-refractivity contribution in [2.24, 2.45) is 0 Å². The standard InChI is InChI=1S/C16H16N2O5/c1-17-14-7-6-12(9-15(14)18(20)21)16(19)23-10-11-4-3-5-13(8-11)22-2/h3-9,17H,10H2,1-2H3. The van der Waals surface area contributed by atoms with Gasteiger partial charge in [0.05, 0.1) is 17.6 Å². The van der Waals surface area contributed by atoms with E-state index >= 15 is 0 Å². The predicted molar refractivity (Wildman–Crippen MR) is 84.8 cm³/mol. The van der Waals surface area contributed by atoms with Gasteiger partial charge in [0.15, 0.2) is 0 Å². The molecule has 0 aliphatic rings. The smallest absolute Gasteiger partial charge is 0.338 e. The number of carbonyl (C=O) groups is 1. The maximum atomic E-state index is 12.1. The number of methoxy groups -OCH3 is 1. The number of carbonyl (C=O) groups excluding carboxylic acids is 1. The van der Waals surface area contributed by atoms with Gasteiger partial charge in [-0.05, 0) is 29.8 Å². The minimum absolute atomic E-state index is 0.0532. The highest BCUT2D eigenvalue weighted by atomic mass is 16.6. The molecule has 0 amide bonds. The SMILES string of the molecule is CNc1ccc(C(=O)OCc2cccc(OC)c2)cc1[N+](=O)[O-]. The van der Waals surface area contributed by atoms with E-state index in [0.29, 0.717) is 11.4 Å². The van der Waals surface area contributed by atoms with Gasteiger partial charge in [0, 0.05) is 13.1 Å². The molecule has 0 heterocycles. The van der Waals surface area contributed by atoms with Crippen LogP contribution >= 0.6 is 0 Å². The van der Waals surface area contributed by atoms with Gasteiger partial charge in [-0.15, -0.1) is 0 Å². The summed E-state index contributed by atoms with van der Waals surface area (Å²) >= 11 is 0. The summed E-state index contributed by atoms with van der Waals surface area (Å²) in [6.07, 6.45) is 0. The van der Waals surface area contributed by atoms with Gasteiger partial charge in [-0.25, -0.2) is 4.79 Å². The molecule has 0 atom stereocenters. The van der Waals surface area contributed by atoms with Crippen molar-refractivity contribution in [3.8, 4) is 5.75 Å². The Labute approximate surface area is 133 Å². The molecule has 0 aliphatic heterocycles. The molecule has 0 aliphatic carbocycles. The van der Waals surface area contributed by atoms with Crippen molar-refractivity contribution in [1.29, 1.82) is 0 Å². The number of nitro groups is 1. The summed E-state index contributed by atoms with van der Waals surface area (Å²) in [6, 6.07) is 11.3. The monoisotopic (exact) mass is 316 g/mol. The molecule has 7 nitrogen and oxygen atoms in total. The molecule has 2 rings (SSSR count). The Morgan fingerprint density at radius 2 is 2.04 bits per heavy atom. The lowest BCUT2D eigenvalue weighted by Gasteiger charge is -2.08. The van der Waals surface area contributed by atoms with Crippen LogP contribution in [0.15, 0.2) is 42.5 Å². The molecule has 120 valence electrons. The quantitative estimate of drug-likeness (QED) is 0.500. The fourth-order valence-electron chi connectivity index (χ4n) is 2.02. The highest BCUT2D eigenvalue weighted by Gasteiger charge is 2.17. The van der Waals surface area contributed by atoms with Gasteiger partial charge < -0.3 is 14.8 Å². The number of esters is 1. The minimum atomic E-state index is -0.626. The molecular formula is C16H16N2O5. The van der Waals surface area contributed by atoms with E-state index < -0.39 is 10.9 Å². The number of anilines is 1. The third-order valence-electron chi connectivity index (χ3n) is 3.20. The maximum absolute atomic E-state index is 12.1. The Balaban J connectivity index is 2.11. The summed E-state index contributed by atoms with van der Waals surface area (Å²) in [4.78, 5) is 22.5. The van der Waals surface area contributed by atoms with Crippen LogP contribution in [-0.2, 0) is 11.3 Å². The molecule has 0 saturated heterocycles. The summed E-state index contributed by atoms with van der Waals surface area (Å²) in [5, 5.41) is 13.7. The Morgan fingerprint density at radius 3 is 2.70 bits per heavy atom. The predicted octanol–water partition coefficient (Wildman–Crippen LogP) is 3.00. The van der Waals surface area contributed by atoms with Crippen LogP contribution in [0.1, 0.15) is 15.9 Å². The van der Waals surface area contributed by atoms with Gasteiger partial charge in [-0.3, -0.25) is 10.1 Å². The summed E-state index contributed by atoms with van der Waals surface area (Å²) in [7, 11) is 3.12. The molecule has 0 aromatic heterocycles. The highest BCUT2D eigenvalue weighted by molar-refractivity contribution is 5.91. The number of ether oxygens (including phenoxy) is 2. The van der Waals surface area contributed by atoms with Crippen molar-refractivity contribution in [1.82, 2.24) is 0 Å². The number of rotatable bonds is 6. The molecule has 2 aromatic carbocycles. The van der Waals surface area contributed by atoms with Crippen LogP contribution in [0.5, 0.6) is 5.75 Å². The van der Waals surface area contributed by atoms with E-state index in [-0.39, 0.29) is 17.9 Å². The first-order valence-corrected chi connectivity index (χ1v) is 6.81. The molecule has 2 aromatic rings. The van der Waals surface area contributed by atoms with Crippen molar-refractivity contribution in [2.75, 3.05) is 19.5 Å². The molecule has 7 heteroatoms. The van der Waals surface area contributed by atoms with Crippen molar-refractivity contribution in [2.45, 2.75) is 6.61 Å². The first kappa shape index (κ1) is 16.3. The summed E-state index contributed by atoms with van der Waals surface area (Å²) in [5.41, 5.74) is 1.04. The van der Waals surface area contributed by atoms with Crippen LogP contribution in [0.25, 0.3) is 0 Å². The molecule has 1 N–H and O–H groups in total. The fourth-order valence-corrected chi connectivity index (χ4v) is 2.02. The third kappa shape index (κ3) is 3.97. The van der Waals surface area contributed by atoms with Crippen molar-refractivity contribution >= 4 is 17.3 Å². The molecule has 23 heavy (non-hydrogen) atoms. The average Bonchev–Trinajstić information content (AvgIpc) is 2.59. The topological polar surface area (TPSA) is 90.7 Å². The third-order valence-corrected chi connectivity index (χ3v) is 3.20. The van der Waals surface area contributed by atoms with Gasteiger partial charge in [0.2, 0.25) is 0 Å². The molecular weight excluding hydrogens is 300 g/mol. The molecule has 0 radical (unpaired) electrons. The first-order chi connectivity index (χ1) is 11.0. The van der Waals surface area contributed by atoms with E-state index in [0.717, 1.165) is 5.56 Å². The highest BCUT2D eigenvalue weighted by Crippen LogP contribution is 2.25. The fraction of sp³-hybridized carbons (Fsp3) is 0.188. The number of benzene rings is 2. The van der Waals surface area contributed by atoms with E-state index in [1.807, 2.05) is 0 Å². The Hall–Kier alpha value is -3.09. The Bertz CT molecular complexity index is 730. The second-order valence-corrected chi connectivity index (χ2v) is 4.67. The normalized spacial score (nSPS) is 10.0. The molecule has 0 spiro atoms. The van der Waals surface area contributed by atoms with E-state index in [2.05, 4.69) is 5.32 Å². The Kier molecular flexibility index (Phi) is 5.14. The second-order valence-electron chi connectivity index (χ2n) is 4.67. The number of nitrogens with zero attached hydrogens (tertiary/aromatic N) is 1. The van der Waals surface area contributed by atoms with Crippen LogP contribution in [0.4, 0.5) is 11.4 Å².